The number of aromatic amines is 1. The molecule has 6 nitrogen and oxygen atoms in total. The molecule has 140 valence electrons. The third-order valence-corrected chi connectivity index (χ3v) is 4.41. The van der Waals surface area contributed by atoms with Crippen LogP contribution in [0.15, 0.2) is 65.9 Å². The molecule has 7 heteroatoms. The van der Waals surface area contributed by atoms with Crippen LogP contribution in [0.1, 0.15) is 11.3 Å². The molecular formula is C20H22N4O2S. The number of nitrogens with one attached hydrogen (secondary N) is 4. The number of benzene rings is 1. The van der Waals surface area contributed by atoms with E-state index >= 15 is 0 Å². The van der Waals surface area contributed by atoms with Gasteiger partial charge in [0.15, 0.2) is 5.11 Å². The van der Waals surface area contributed by atoms with Gasteiger partial charge in [-0.15, -0.1) is 6.58 Å². The Hall–Kier alpha value is -3.06. The summed E-state index contributed by atoms with van der Waals surface area (Å²) in [6.07, 6.45) is 5.71. The van der Waals surface area contributed by atoms with E-state index in [1.165, 1.54) is 0 Å². The largest absolute Gasteiger partial charge is 0.467 e. The topological polar surface area (TPSA) is 82.1 Å². The summed E-state index contributed by atoms with van der Waals surface area (Å²) in [6.45, 7) is 4.51. The van der Waals surface area contributed by atoms with Gasteiger partial charge in [-0.2, -0.15) is 0 Å². The van der Waals surface area contributed by atoms with Crippen molar-refractivity contribution in [3.05, 3.63) is 72.8 Å². The number of H-pyrrole nitrogens is 1. The minimum atomic E-state index is -0.524. The molecule has 27 heavy (non-hydrogen) atoms. The molecule has 2 aromatic heterocycles. The molecule has 0 fully saturated rings. The van der Waals surface area contributed by atoms with E-state index < -0.39 is 6.04 Å². The van der Waals surface area contributed by atoms with Gasteiger partial charge in [0.05, 0.1) is 12.8 Å². The Morgan fingerprint density at radius 3 is 2.89 bits per heavy atom. The third-order valence-electron chi connectivity index (χ3n) is 4.14. The summed E-state index contributed by atoms with van der Waals surface area (Å²) >= 11 is 5.29. The van der Waals surface area contributed by atoms with Crippen LogP contribution < -0.4 is 16.0 Å². The van der Waals surface area contributed by atoms with Crippen molar-refractivity contribution in [1.29, 1.82) is 0 Å². The number of carbonyl (C=O) groups is 1. The van der Waals surface area contributed by atoms with Crippen LogP contribution in [0.2, 0.25) is 0 Å². The van der Waals surface area contributed by atoms with Crippen LogP contribution in [0.5, 0.6) is 0 Å². The average molecular weight is 382 g/mol. The van der Waals surface area contributed by atoms with Crippen molar-refractivity contribution in [2.45, 2.75) is 19.0 Å². The lowest BCUT2D eigenvalue weighted by Gasteiger charge is -2.20. The number of fused-ring (bicyclic) bond motifs is 1. The van der Waals surface area contributed by atoms with E-state index in [0.717, 1.165) is 16.5 Å². The fourth-order valence-electron chi connectivity index (χ4n) is 2.81. The van der Waals surface area contributed by atoms with Gasteiger partial charge in [0.25, 0.3) is 0 Å². The number of aromatic nitrogens is 1. The molecule has 1 aromatic carbocycles. The van der Waals surface area contributed by atoms with E-state index in [1.807, 2.05) is 36.5 Å². The second-order valence-corrected chi connectivity index (χ2v) is 6.46. The number of hydrogen-bond donors (Lipinski definition) is 4. The molecule has 3 aromatic rings. The molecule has 0 aliphatic carbocycles. The van der Waals surface area contributed by atoms with E-state index in [0.29, 0.717) is 30.4 Å². The van der Waals surface area contributed by atoms with Crippen LogP contribution in [0.4, 0.5) is 0 Å². The summed E-state index contributed by atoms with van der Waals surface area (Å²) < 4.78 is 5.27. The molecule has 0 radical (unpaired) electrons. The molecule has 0 saturated carbocycles. The Bertz CT molecular complexity index is 917. The second-order valence-electron chi connectivity index (χ2n) is 6.06. The normalized spacial score (nSPS) is 11.7. The summed E-state index contributed by atoms with van der Waals surface area (Å²) in [5.41, 5.74) is 2.08. The molecule has 0 aliphatic heterocycles. The zero-order valence-electron chi connectivity index (χ0n) is 14.8. The highest BCUT2D eigenvalue weighted by molar-refractivity contribution is 7.80. The van der Waals surface area contributed by atoms with Crippen LogP contribution in [0, 0.1) is 0 Å². The number of thiocarbonyl (C=S) groups is 1. The van der Waals surface area contributed by atoms with E-state index in [9.17, 15) is 4.79 Å². The van der Waals surface area contributed by atoms with Crippen molar-refractivity contribution in [3.8, 4) is 0 Å². The number of rotatable bonds is 8. The molecule has 0 unspecified atom stereocenters. The Morgan fingerprint density at radius 1 is 1.26 bits per heavy atom. The Morgan fingerprint density at radius 2 is 2.11 bits per heavy atom. The maximum Gasteiger partial charge on any atom is 0.243 e. The minimum Gasteiger partial charge on any atom is -0.467 e. The third kappa shape index (κ3) is 4.98. The van der Waals surface area contributed by atoms with Crippen LogP contribution in [0.25, 0.3) is 10.9 Å². The molecular weight excluding hydrogens is 360 g/mol. The average Bonchev–Trinajstić information content (AvgIpc) is 3.34. The van der Waals surface area contributed by atoms with Crippen molar-refractivity contribution in [1.82, 2.24) is 20.9 Å². The van der Waals surface area contributed by atoms with Gasteiger partial charge in [0.2, 0.25) is 5.91 Å². The second kappa shape index (κ2) is 9.05. The zero-order chi connectivity index (χ0) is 19.1. The summed E-state index contributed by atoms with van der Waals surface area (Å²) in [4.78, 5) is 16.0. The predicted octanol–water partition coefficient (Wildman–Crippen LogP) is 2.64. The highest BCUT2D eigenvalue weighted by Gasteiger charge is 2.21. The van der Waals surface area contributed by atoms with Crippen LogP contribution in [-0.4, -0.2) is 28.6 Å². The predicted molar refractivity (Wildman–Crippen MR) is 110 cm³/mol. The highest BCUT2D eigenvalue weighted by atomic mass is 32.1. The monoisotopic (exact) mass is 382 g/mol. The van der Waals surface area contributed by atoms with Gasteiger partial charge in [-0.3, -0.25) is 4.79 Å². The van der Waals surface area contributed by atoms with Crippen molar-refractivity contribution < 1.29 is 9.21 Å². The number of para-hydroxylation sites is 1. The van der Waals surface area contributed by atoms with Gasteiger partial charge in [-0.05, 0) is 36.0 Å². The van der Waals surface area contributed by atoms with Crippen LogP contribution in [-0.2, 0) is 17.8 Å². The quantitative estimate of drug-likeness (QED) is 0.356. The van der Waals surface area contributed by atoms with Crippen molar-refractivity contribution in [2.75, 3.05) is 6.54 Å². The number of amides is 1. The maximum absolute atomic E-state index is 12.8. The standard InChI is InChI=1S/C20H22N4O2S/c1-2-9-21-20(27)24-18(19(25)23-13-15-6-5-10-26-15)11-14-12-22-17-8-4-3-7-16(14)17/h2-8,10,12,18,22H,1,9,11,13H2,(H,23,25)(H2,21,24,27)/t18-/m0/s1. The fraction of sp³-hybridized carbons (Fsp3) is 0.200. The molecule has 1 atom stereocenters. The summed E-state index contributed by atoms with van der Waals surface area (Å²) in [7, 11) is 0. The maximum atomic E-state index is 12.8. The molecule has 0 saturated heterocycles. The summed E-state index contributed by atoms with van der Waals surface area (Å²) in [6, 6.07) is 11.1. The molecule has 0 bridgehead atoms. The fourth-order valence-corrected chi connectivity index (χ4v) is 3.04. The lowest BCUT2D eigenvalue weighted by atomic mass is 10.0. The van der Waals surface area contributed by atoms with Crippen LogP contribution in [0.3, 0.4) is 0 Å². The Labute approximate surface area is 163 Å². The number of furan rings is 1. The van der Waals surface area contributed by atoms with Crippen molar-refractivity contribution in [2.24, 2.45) is 0 Å². The van der Waals surface area contributed by atoms with Gasteiger partial charge >= 0.3 is 0 Å². The van der Waals surface area contributed by atoms with E-state index in [4.69, 9.17) is 16.6 Å². The van der Waals surface area contributed by atoms with Gasteiger partial charge < -0.3 is 25.4 Å². The first kappa shape index (κ1) is 18.7. The van der Waals surface area contributed by atoms with Crippen molar-refractivity contribution >= 4 is 34.1 Å². The molecule has 0 spiro atoms. The summed E-state index contributed by atoms with van der Waals surface area (Å²) in [5, 5.41) is 10.5. The molecule has 2 heterocycles. The van der Waals surface area contributed by atoms with Gasteiger partial charge in [0, 0.05) is 30.1 Å². The van der Waals surface area contributed by atoms with Gasteiger partial charge in [-0.1, -0.05) is 24.3 Å². The number of hydrogen-bond acceptors (Lipinski definition) is 3. The van der Waals surface area contributed by atoms with E-state index in [-0.39, 0.29) is 5.91 Å². The smallest absolute Gasteiger partial charge is 0.243 e. The van der Waals surface area contributed by atoms with Gasteiger partial charge in [0.1, 0.15) is 11.8 Å². The highest BCUT2D eigenvalue weighted by Crippen LogP contribution is 2.19. The summed E-state index contributed by atoms with van der Waals surface area (Å²) in [5.74, 6) is 0.543. The SMILES string of the molecule is C=CCNC(=S)N[C@@H](Cc1c[nH]c2ccccc12)C(=O)NCc1ccco1. The van der Waals surface area contributed by atoms with Gasteiger partial charge in [-0.25, -0.2) is 0 Å². The first-order valence-electron chi connectivity index (χ1n) is 8.67. The van der Waals surface area contributed by atoms with E-state index in [1.54, 1.807) is 18.4 Å². The molecule has 3 rings (SSSR count). The van der Waals surface area contributed by atoms with E-state index in [2.05, 4.69) is 27.5 Å². The lowest BCUT2D eigenvalue weighted by Crippen LogP contribution is -2.50. The Balaban J connectivity index is 1.72. The van der Waals surface area contributed by atoms with Crippen LogP contribution >= 0.6 is 12.2 Å². The minimum absolute atomic E-state index is 0.153. The van der Waals surface area contributed by atoms with Crippen molar-refractivity contribution in [3.63, 3.8) is 0 Å². The first-order valence-corrected chi connectivity index (χ1v) is 9.08. The molecule has 1 amide bonds. The number of carbonyl (C=O) groups excluding carboxylic acids is 1. The lowest BCUT2D eigenvalue weighted by molar-refractivity contribution is -0.123. The molecule has 4 N–H and O–H groups in total. The Kier molecular flexibility index (Phi) is 6.27. The first-order chi connectivity index (χ1) is 13.2. The zero-order valence-corrected chi connectivity index (χ0v) is 15.6. The molecule has 0 aliphatic rings.